The number of hydrogen-bond acceptors (Lipinski definition) is 3. The van der Waals surface area contributed by atoms with Gasteiger partial charge < -0.3 is 11.1 Å². The molecule has 0 radical (unpaired) electrons. The van der Waals surface area contributed by atoms with Crippen molar-refractivity contribution in [2.24, 2.45) is 0 Å². The van der Waals surface area contributed by atoms with Crippen molar-refractivity contribution in [3.63, 3.8) is 0 Å². The number of likely N-dealkylation sites (tertiary alicyclic amines) is 1. The second-order valence-corrected chi connectivity index (χ2v) is 5.99. The number of amides is 1. The molecule has 3 N–H and O–H groups in total. The fourth-order valence-electron chi connectivity index (χ4n) is 2.78. The highest BCUT2D eigenvalue weighted by Crippen LogP contribution is 2.11. The summed E-state index contributed by atoms with van der Waals surface area (Å²) >= 11 is 0. The highest BCUT2D eigenvalue weighted by Gasteiger charge is 2.16. The van der Waals surface area contributed by atoms with E-state index < -0.39 is 0 Å². The molecule has 116 valence electrons. The maximum absolute atomic E-state index is 11.9. The van der Waals surface area contributed by atoms with Gasteiger partial charge in [0.25, 0.3) is 0 Å². The Morgan fingerprint density at radius 1 is 1.24 bits per heavy atom. The van der Waals surface area contributed by atoms with Gasteiger partial charge in [-0.05, 0) is 57.0 Å². The molecule has 1 atom stereocenters. The van der Waals surface area contributed by atoms with Crippen LogP contribution in [-0.4, -0.2) is 36.5 Å². The van der Waals surface area contributed by atoms with Crippen LogP contribution >= 0.6 is 0 Å². The fourth-order valence-corrected chi connectivity index (χ4v) is 2.78. The van der Waals surface area contributed by atoms with Gasteiger partial charge in [-0.25, -0.2) is 0 Å². The molecule has 1 heterocycles. The first-order chi connectivity index (χ1) is 10.1. The maximum Gasteiger partial charge on any atom is 0.220 e. The van der Waals surface area contributed by atoms with Crippen LogP contribution < -0.4 is 11.1 Å². The Bertz CT molecular complexity index is 438. The number of nitrogen functional groups attached to an aromatic ring is 1. The lowest BCUT2D eigenvalue weighted by molar-refractivity contribution is -0.121. The number of nitrogens with zero attached hydrogens (tertiary/aromatic N) is 1. The predicted octanol–water partition coefficient (Wildman–Crippen LogP) is 2.19. The summed E-state index contributed by atoms with van der Waals surface area (Å²) < 4.78 is 0. The minimum Gasteiger partial charge on any atom is -0.399 e. The van der Waals surface area contributed by atoms with E-state index in [1.54, 1.807) is 0 Å². The molecule has 21 heavy (non-hydrogen) atoms. The van der Waals surface area contributed by atoms with Gasteiger partial charge in [-0.2, -0.15) is 0 Å². The molecule has 1 unspecified atom stereocenters. The van der Waals surface area contributed by atoms with Crippen LogP contribution in [0.3, 0.4) is 0 Å². The normalized spacial score (nSPS) is 17.4. The van der Waals surface area contributed by atoms with Crippen molar-refractivity contribution in [1.29, 1.82) is 0 Å². The Kier molecular flexibility index (Phi) is 6.05. The third-order valence-corrected chi connectivity index (χ3v) is 4.23. The van der Waals surface area contributed by atoms with E-state index in [4.69, 9.17) is 5.73 Å². The Morgan fingerprint density at radius 2 is 1.90 bits per heavy atom. The zero-order chi connectivity index (χ0) is 15.1. The lowest BCUT2D eigenvalue weighted by atomic mass is 10.1. The highest BCUT2D eigenvalue weighted by molar-refractivity contribution is 5.76. The first-order valence-corrected chi connectivity index (χ1v) is 8.00. The van der Waals surface area contributed by atoms with E-state index in [9.17, 15) is 4.79 Å². The summed E-state index contributed by atoms with van der Waals surface area (Å²) in [7, 11) is 0. The van der Waals surface area contributed by atoms with Gasteiger partial charge in [0, 0.05) is 24.7 Å². The third-order valence-electron chi connectivity index (χ3n) is 4.23. The average Bonchev–Trinajstić information content (AvgIpc) is 2.53. The molecule has 0 saturated carbocycles. The van der Waals surface area contributed by atoms with Crippen LogP contribution in [-0.2, 0) is 11.2 Å². The molecule has 1 saturated heterocycles. The molecule has 0 aliphatic carbocycles. The number of aryl methyl sites for hydroxylation is 1. The van der Waals surface area contributed by atoms with Crippen molar-refractivity contribution in [2.75, 3.05) is 25.4 Å². The first-order valence-electron chi connectivity index (χ1n) is 8.00. The van der Waals surface area contributed by atoms with E-state index in [2.05, 4.69) is 17.1 Å². The van der Waals surface area contributed by atoms with Gasteiger partial charge in [0.2, 0.25) is 5.91 Å². The van der Waals surface area contributed by atoms with Crippen LogP contribution in [0.15, 0.2) is 24.3 Å². The molecule has 4 heteroatoms. The zero-order valence-electron chi connectivity index (χ0n) is 13.0. The van der Waals surface area contributed by atoms with Crippen molar-refractivity contribution >= 4 is 11.6 Å². The molecule has 1 amide bonds. The van der Waals surface area contributed by atoms with Crippen molar-refractivity contribution in [2.45, 2.75) is 45.1 Å². The number of nitrogens with two attached hydrogens (primary N) is 1. The molecule has 1 aromatic carbocycles. The number of hydrogen-bond donors (Lipinski definition) is 2. The number of nitrogens with one attached hydrogen (secondary N) is 1. The Balaban J connectivity index is 1.66. The molecule has 0 bridgehead atoms. The minimum atomic E-state index is 0.135. The summed E-state index contributed by atoms with van der Waals surface area (Å²) in [5, 5.41) is 3.06. The summed E-state index contributed by atoms with van der Waals surface area (Å²) in [6.07, 6.45) is 5.23. The second kappa shape index (κ2) is 8.03. The molecule has 1 aliphatic heterocycles. The summed E-state index contributed by atoms with van der Waals surface area (Å²) in [4.78, 5) is 14.4. The van der Waals surface area contributed by atoms with Crippen LogP contribution in [0.25, 0.3) is 0 Å². The first kappa shape index (κ1) is 15.8. The minimum absolute atomic E-state index is 0.135. The van der Waals surface area contributed by atoms with Gasteiger partial charge in [-0.15, -0.1) is 0 Å². The van der Waals surface area contributed by atoms with Gasteiger partial charge in [0.05, 0.1) is 0 Å². The topological polar surface area (TPSA) is 58.4 Å². The Morgan fingerprint density at radius 3 is 2.57 bits per heavy atom. The molecule has 0 aromatic heterocycles. The second-order valence-electron chi connectivity index (χ2n) is 5.99. The summed E-state index contributed by atoms with van der Waals surface area (Å²) in [6, 6.07) is 8.17. The largest absolute Gasteiger partial charge is 0.399 e. The molecular formula is C17H27N3O. The lowest BCUT2D eigenvalue weighted by Gasteiger charge is -2.32. The number of piperidine rings is 1. The van der Waals surface area contributed by atoms with Crippen LogP contribution in [0.5, 0.6) is 0 Å². The van der Waals surface area contributed by atoms with Crippen molar-refractivity contribution in [1.82, 2.24) is 10.2 Å². The zero-order valence-corrected chi connectivity index (χ0v) is 13.0. The smallest absolute Gasteiger partial charge is 0.220 e. The molecular weight excluding hydrogens is 262 g/mol. The van der Waals surface area contributed by atoms with E-state index in [0.29, 0.717) is 12.5 Å². The highest BCUT2D eigenvalue weighted by atomic mass is 16.1. The predicted molar refractivity (Wildman–Crippen MR) is 87.1 cm³/mol. The van der Waals surface area contributed by atoms with Gasteiger partial charge in [-0.1, -0.05) is 18.6 Å². The fraction of sp³-hybridized carbons (Fsp3) is 0.588. The SMILES string of the molecule is CC(CNC(=O)CCc1ccc(N)cc1)N1CCCCC1. The number of carbonyl (C=O) groups is 1. The van der Waals surface area contributed by atoms with Crippen LogP contribution in [0, 0.1) is 0 Å². The van der Waals surface area contributed by atoms with Gasteiger partial charge in [0.15, 0.2) is 0 Å². The number of anilines is 1. The van der Waals surface area contributed by atoms with Crippen LogP contribution in [0.1, 0.15) is 38.2 Å². The number of carbonyl (C=O) groups excluding carboxylic acids is 1. The van der Waals surface area contributed by atoms with Crippen molar-refractivity contribution in [3.8, 4) is 0 Å². The third kappa shape index (κ3) is 5.38. The van der Waals surface area contributed by atoms with Gasteiger partial charge >= 0.3 is 0 Å². The standard InChI is InChI=1S/C17H27N3O/c1-14(20-11-3-2-4-12-20)13-19-17(21)10-7-15-5-8-16(18)9-6-15/h5-6,8-9,14H,2-4,7,10-13,18H2,1H3,(H,19,21). The summed E-state index contributed by atoms with van der Waals surface area (Å²) in [6.45, 7) is 5.29. The van der Waals surface area contributed by atoms with E-state index in [1.165, 1.54) is 32.4 Å². The Hall–Kier alpha value is -1.55. The van der Waals surface area contributed by atoms with E-state index in [1.807, 2.05) is 24.3 Å². The number of rotatable bonds is 6. The monoisotopic (exact) mass is 289 g/mol. The molecule has 1 aliphatic rings. The van der Waals surface area contributed by atoms with Gasteiger partial charge in [-0.3, -0.25) is 9.69 Å². The summed E-state index contributed by atoms with van der Waals surface area (Å²) in [5.74, 6) is 0.135. The molecule has 2 rings (SSSR count). The van der Waals surface area contributed by atoms with Crippen LogP contribution in [0.2, 0.25) is 0 Å². The summed E-state index contributed by atoms with van der Waals surface area (Å²) in [5.41, 5.74) is 7.57. The van der Waals surface area contributed by atoms with Crippen molar-refractivity contribution < 1.29 is 4.79 Å². The van der Waals surface area contributed by atoms with E-state index in [0.717, 1.165) is 24.2 Å². The quantitative estimate of drug-likeness (QED) is 0.789. The Labute approximate surface area is 127 Å². The van der Waals surface area contributed by atoms with E-state index >= 15 is 0 Å². The number of benzene rings is 1. The van der Waals surface area contributed by atoms with E-state index in [-0.39, 0.29) is 5.91 Å². The lowest BCUT2D eigenvalue weighted by Crippen LogP contribution is -2.44. The van der Waals surface area contributed by atoms with Crippen molar-refractivity contribution in [3.05, 3.63) is 29.8 Å². The molecule has 0 spiro atoms. The maximum atomic E-state index is 11.9. The average molecular weight is 289 g/mol. The van der Waals surface area contributed by atoms with Crippen LogP contribution in [0.4, 0.5) is 5.69 Å². The molecule has 4 nitrogen and oxygen atoms in total. The van der Waals surface area contributed by atoms with Gasteiger partial charge in [0.1, 0.15) is 0 Å². The molecule has 1 aromatic rings. The molecule has 1 fully saturated rings.